The van der Waals surface area contributed by atoms with Crippen molar-refractivity contribution in [3.8, 4) is 0 Å². The molecule has 2 aromatic rings. The van der Waals surface area contributed by atoms with Crippen LogP contribution in [-0.2, 0) is 0 Å². The van der Waals surface area contributed by atoms with Crippen LogP contribution in [0.25, 0.3) is 0 Å². The normalized spacial score (nSPS) is 20.4. The number of aromatic nitrogens is 2. The van der Waals surface area contributed by atoms with Gasteiger partial charge in [-0.2, -0.15) is 0 Å². The Kier molecular flexibility index (Phi) is 5.38. The van der Waals surface area contributed by atoms with Crippen LogP contribution in [0.4, 0.5) is 11.5 Å². The van der Waals surface area contributed by atoms with Gasteiger partial charge in [0.15, 0.2) is 0 Å². The van der Waals surface area contributed by atoms with Gasteiger partial charge in [-0.05, 0) is 49.8 Å². The maximum absolute atomic E-state index is 12.5. The maximum Gasteiger partial charge on any atom is 0.251 e. The third-order valence-corrected chi connectivity index (χ3v) is 4.40. The van der Waals surface area contributed by atoms with E-state index in [9.17, 15) is 9.90 Å². The molecule has 6 heteroatoms. The monoisotopic (exact) mass is 326 g/mol. The van der Waals surface area contributed by atoms with Gasteiger partial charge in [-0.15, -0.1) is 0 Å². The molecule has 24 heavy (non-hydrogen) atoms. The van der Waals surface area contributed by atoms with Crippen LogP contribution in [0.15, 0.2) is 42.9 Å². The summed E-state index contributed by atoms with van der Waals surface area (Å²) >= 11 is 0. The van der Waals surface area contributed by atoms with Gasteiger partial charge in [0.05, 0.1) is 6.20 Å². The zero-order valence-electron chi connectivity index (χ0n) is 13.5. The second kappa shape index (κ2) is 7.88. The van der Waals surface area contributed by atoms with Gasteiger partial charge in [-0.25, -0.2) is 4.98 Å². The number of rotatable bonds is 5. The average molecular weight is 326 g/mol. The van der Waals surface area contributed by atoms with E-state index < -0.39 is 0 Å². The van der Waals surface area contributed by atoms with Crippen molar-refractivity contribution >= 4 is 17.4 Å². The van der Waals surface area contributed by atoms with Crippen molar-refractivity contribution < 1.29 is 9.90 Å². The van der Waals surface area contributed by atoms with E-state index in [1.807, 2.05) is 18.2 Å². The summed E-state index contributed by atoms with van der Waals surface area (Å²) in [5.41, 5.74) is 1.42. The molecule has 0 aliphatic heterocycles. The van der Waals surface area contributed by atoms with E-state index in [1.165, 1.54) is 0 Å². The maximum atomic E-state index is 12.5. The molecule has 1 aromatic carbocycles. The van der Waals surface area contributed by atoms with Crippen LogP contribution in [-0.4, -0.2) is 33.6 Å². The fourth-order valence-corrected chi connectivity index (χ4v) is 3.01. The molecule has 1 fully saturated rings. The van der Waals surface area contributed by atoms with E-state index in [4.69, 9.17) is 0 Å². The molecule has 0 spiro atoms. The van der Waals surface area contributed by atoms with Gasteiger partial charge in [0.2, 0.25) is 0 Å². The fraction of sp³-hybridized carbons (Fsp3) is 0.389. The van der Waals surface area contributed by atoms with E-state index in [2.05, 4.69) is 20.6 Å². The summed E-state index contributed by atoms with van der Waals surface area (Å²) in [6.07, 6.45) is 8.64. The number of anilines is 2. The van der Waals surface area contributed by atoms with Crippen LogP contribution in [0.1, 0.15) is 36.0 Å². The predicted molar refractivity (Wildman–Crippen MR) is 92.1 cm³/mol. The van der Waals surface area contributed by atoms with Crippen LogP contribution in [0.2, 0.25) is 0 Å². The van der Waals surface area contributed by atoms with Gasteiger partial charge >= 0.3 is 0 Å². The summed E-state index contributed by atoms with van der Waals surface area (Å²) in [6, 6.07) is 7.53. The Labute approximate surface area is 141 Å². The summed E-state index contributed by atoms with van der Waals surface area (Å²) in [4.78, 5) is 20.6. The lowest BCUT2D eigenvalue weighted by Crippen LogP contribution is -2.38. The molecule has 0 unspecified atom stereocenters. The summed E-state index contributed by atoms with van der Waals surface area (Å²) in [7, 11) is 0. The summed E-state index contributed by atoms with van der Waals surface area (Å²) in [5, 5.41) is 15.4. The number of carbonyl (C=O) groups excluding carboxylic acids is 1. The van der Waals surface area contributed by atoms with Crippen molar-refractivity contribution in [3.05, 3.63) is 48.4 Å². The highest BCUT2D eigenvalue weighted by atomic mass is 16.3. The molecular weight excluding hydrogens is 304 g/mol. The Morgan fingerprint density at radius 2 is 2.04 bits per heavy atom. The minimum atomic E-state index is -0.0646. The highest BCUT2D eigenvalue weighted by Crippen LogP contribution is 2.24. The third kappa shape index (κ3) is 4.29. The van der Waals surface area contributed by atoms with Crippen molar-refractivity contribution in [2.45, 2.75) is 31.7 Å². The second-order valence-corrected chi connectivity index (χ2v) is 6.17. The van der Waals surface area contributed by atoms with E-state index in [0.29, 0.717) is 17.3 Å². The molecule has 0 atom stereocenters. The molecule has 1 aromatic heterocycles. The Hall–Kier alpha value is -2.47. The van der Waals surface area contributed by atoms with Gasteiger partial charge in [0.25, 0.3) is 5.91 Å². The molecule has 1 heterocycles. The number of nitrogens with zero attached hydrogens (tertiary/aromatic N) is 2. The highest BCUT2D eigenvalue weighted by Gasteiger charge is 2.22. The first kappa shape index (κ1) is 16.4. The molecule has 3 N–H and O–H groups in total. The molecule has 126 valence electrons. The summed E-state index contributed by atoms with van der Waals surface area (Å²) in [5.74, 6) is 0.959. The molecule has 1 saturated carbocycles. The van der Waals surface area contributed by atoms with Crippen LogP contribution in [0, 0.1) is 5.92 Å². The number of aliphatic hydroxyl groups excluding tert-OH is 1. The number of aliphatic hydroxyl groups is 1. The Morgan fingerprint density at radius 3 is 2.75 bits per heavy atom. The van der Waals surface area contributed by atoms with Crippen molar-refractivity contribution in [3.63, 3.8) is 0 Å². The van der Waals surface area contributed by atoms with Crippen LogP contribution in [0.5, 0.6) is 0 Å². The zero-order valence-corrected chi connectivity index (χ0v) is 13.5. The number of amides is 1. The number of benzene rings is 1. The quantitative estimate of drug-likeness (QED) is 0.786. The Morgan fingerprint density at radius 1 is 1.21 bits per heavy atom. The lowest BCUT2D eigenvalue weighted by molar-refractivity contribution is 0.0914. The number of carbonyl (C=O) groups is 1. The van der Waals surface area contributed by atoms with Gasteiger partial charge < -0.3 is 15.7 Å². The standard InChI is InChI=1S/C18H22N4O2/c23-12-13-4-6-15(7-5-13)22-18(24)14-2-1-3-16(10-14)21-17-11-19-8-9-20-17/h1-3,8-11,13,15,23H,4-7,12H2,(H,20,21)(H,22,24). The molecular formula is C18H22N4O2. The minimum absolute atomic E-state index is 0.0646. The van der Waals surface area contributed by atoms with Crippen LogP contribution in [0.3, 0.4) is 0 Å². The molecule has 3 rings (SSSR count). The SMILES string of the molecule is O=C(NC1CCC(CO)CC1)c1cccc(Nc2cnccn2)c1. The first-order valence-electron chi connectivity index (χ1n) is 8.29. The van der Waals surface area contributed by atoms with Crippen molar-refractivity contribution in [2.75, 3.05) is 11.9 Å². The topological polar surface area (TPSA) is 87.1 Å². The van der Waals surface area contributed by atoms with E-state index in [0.717, 1.165) is 31.4 Å². The second-order valence-electron chi connectivity index (χ2n) is 6.17. The van der Waals surface area contributed by atoms with Gasteiger partial charge in [0, 0.05) is 36.3 Å². The van der Waals surface area contributed by atoms with Gasteiger partial charge in [-0.3, -0.25) is 9.78 Å². The van der Waals surface area contributed by atoms with Crippen LogP contribution >= 0.6 is 0 Å². The zero-order chi connectivity index (χ0) is 16.8. The average Bonchev–Trinajstić information content (AvgIpc) is 2.63. The smallest absolute Gasteiger partial charge is 0.251 e. The minimum Gasteiger partial charge on any atom is -0.396 e. The Balaban J connectivity index is 1.60. The van der Waals surface area contributed by atoms with Gasteiger partial charge in [-0.1, -0.05) is 6.07 Å². The number of hydrogen-bond acceptors (Lipinski definition) is 5. The van der Waals surface area contributed by atoms with Crippen molar-refractivity contribution in [1.29, 1.82) is 0 Å². The number of nitrogens with one attached hydrogen (secondary N) is 2. The molecule has 0 bridgehead atoms. The van der Waals surface area contributed by atoms with E-state index in [-0.39, 0.29) is 18.6 Å². The molecule has 6 nitrogen and oxygen atoms in total. The molecule has 0 radical (unpaired) electrons. The highest BCUT2D eigenvalue weighted by molar-refractivity contribution is 5.95. The summed E-state index contributed by atoms with van der Waals surface area (Å²) < 4.78 is 0. The fourth-order valence-electron chi connectivity index (χ4n) is 3.01. The van der Waals surface area contributed by atoms with E-state index >= 15 is 0 Å². The van der Waals surface area contributed by atoms with Crippen molar-refractivity contribution in [2.24, 2.45) is 5.92 Å². The Bertz CT molecular complexity index is 670. The lowest BCUT2D eigenvalue weighted by Gasteiger charge is -2.28. The number of hydrogen-bond donors (Lipinski definition) is 3. The third-order valence-electron chi connectivity index (χ3n) is 4.40. The molecule has 1 aliphatic carbocycles. The molecule has 1 amide bonds. The lowest BCUT2D eigenvalue weighted by atomic mass is 9.86. The van der Waals surface area contributed by atoms with Crippen molar-refractivity contribution in [1.82, 2.24) is 15.3 Å². The van der Waals surface area contributed by atoms with Crippen LogP contribution < -0.4 is 10.6 Å². The predicted octanol–water partition coefficient (Wildman–Crippen LogP) is 2.50. The summed E-state index contributed by atoms with van der Waals surface area (Å²) in [6.45, 7) is 0.247. The first-order chi connectivity index (χ1) is 11.7. The molecule has 1 aliphatic rings. The largest absolute Gasteiger partial charge is 0.396 e. The molecule has 0 saturated heterocycles. The van der Waals surface area contributed by atoms with Gasteiger partial charge in [0.1, 0.15) is 5.82 Å². The first-order valence-corrected chi connectivity index (χ1v) is 8.29. The van der Waals surface area contributed by atoms with E-state index in [1.54, 1.807) is 24.7 Å².